The summed E-state index contributed by atoms with van der Waals surface area (Å²) in [5.74, 6) is 0. The molecule has 0 N–H and O–H groups in total. The van der Waals surface area contributed by atoms with Crippen LogP contribution in [0.15, 0.2) is 42.7 Å². The summed E-state index contributed by atoms with van der Waals surface area (Å²) in [6, 6.07) is 9.74. The van der Waals surface area contributed by atoms with Crippen LogP contribution in [0.3, 0.4) is 0 Å². The molecule has 6 nitrogen and oxygen atoms in total. The van der Waals surface area contributed by atoms with Crippen molar-refractivity contribution in [1.82, 2.24) is 14.6 Å². The Hall–Kier alpha value is -1.99. The molecule has 2 aliphatic heterocycles. The number of benzene rings is 1. The van der Waals surface area contributed by atoms with Gasteiger partial charge in [0.2, 0.25) is 0 Å². The van der Waals surface area contributed by atoms with Crippen LogP contribution in [-0.2, 0) is 19.6 Å². The average molecular weight is 414 g/mol. The van der Waals surface area contributed by atoms with Crippen molar-refractivity contribution in [2.45, 2.75) is 57.2 Å². The molecule has 2 unspecified atom stereocenters. The quantitative estimate of drug-likeness (QED) is 0.612. The standard InChI is InChI=1S/C22H24ClN3O3/c1-14-28-21(29-14)22(2,12-17-4-3-11-27-17)19-9-10-24-20-18(13-25-26(19)20)15-5-7-16(23)8-6-15/h5-10,13-14,17,21H,3-4,11-12H2,1-2H3. The van der Waals surface area contributed by atoms with Crippen molar-refractivity contribution in [3.8, 4) is 11.1 Å². The zero-order valence-electron chi connectivity index (χ0n) is 16.5. The maximum absolute atomic E-state index is 6.05. The average Bonchev–Trinajstić information content (AvgIpc) is 3.35. The van der Waals surface area contributed by atoms with Crippen molar-refractivity contribution >= 4 is 17.2 Å². The number of ether oxygens (including phenoxy) is 3. The summed E-state index contributed by atoms with van der Waals surface area (Å²) in [5.41, 5.74) is 3.39. The Morgan fingerprint density at radius 2 is 2.00 bits per heavy atom. The second kappa shape index (κ2) is 7.36. The topological polar surface area (TPSA) is 57.9 Å². The lowest BCUT2D eigenvalue weighted by Gasteiger charge is -2.46. The van der Waals surface area contributed by atoms with Gasteiger partial charge >= 0.3 is 0 Å². The van der Waals surface area contributed by atoms with Crippen LogP contribution in [-0.4, -0.2) is 39.9 Å². The minimum Gasteiger partial charge on any atom is -0.378 e. The maximum Gasteiger partial charge on any atom is 0.174 e. The van der Waals surface area contributed by atoms with E-state index in [4.69, 9.17) is 25.8 Å². The number of hydrogen-bond acceptors (Lipinski definition) is 5. The summed E-state index contributed by atoms with van der Waals surface area (Å²) in [6.07, 6.45) is 6.31. The molecule has 2 atom stereocenters. The van der Waals surface area contributed by atoms with Crippen LogP contribution >= 0.6 is 11.6 Å². The van der Waals surface area contributed by atoms with Crippen molar-refractivity contribution in [3.05, 3.63) is 53.4 Å². The van der Waals surface area contributed by atoms with E-state index in [1.165, 1.54) is 0 Å². The molecule has 0 amide bonds. The zero-order valence-corrected chi connectivity index (χ0v) is 17.3. The lowest BCUT2D eigenvalue weighted by molar-refractivity contribution is -0.398. The fourth-order valence-electron chi connectivity index (χ4n) is 4.42. The van der Waals surface area contributed by atoms with E-state index in [0.717, 1.165) is 48.3 Å². The first kappa shape index (κ1) is 19.0. The Labute approximate surface area is 174 Å². The highest BCUT2D eigenvalue weighted by atomic mass is 35.5. The second-order valence-corrected chi connectivity index (χ2v) is 8.50. The molecule has 5 rings (SSSR count). The number of fused-ring (bicyclic) bond motifs is 1. The van der Waals surface area contributed by atoms with Gasteiger partial charge in [-0.25, -0.2) is 9.50 Å². The Morgan fingerprint density at radius 3 is 2.69 bits per heavy atom. The van der Waals surface area contributed by atoms with E-state index >= 15 is 0 Å². The second-order valence-electron chi connectivity index (χ2n) is 8.06. The van der Waals surface area contributed by atoms with Gasteiger partial charge in [0.1, 0.15) is 0 Å². The third kappa shape index (κ3) is 3.34. The van der Waals surface area contributed by atoms with Gasteiger partial charge < -0.3 is 14.2 Å². The highest BCUT2D eigenvalue weighted by Crippen LogP contribution is 2.42. The molecule has 2 aliphatic rings. The predicted molar refractivity (Wildman–Crippen MR) is 110 cm³/mol. The normalized spacial score (nSPS) is 26.4. The lowest BCUT2D eigenvalue weighted by atomic mass is 9.79. The fourth-order valence-corrected chi connectivity index (χ4v) is 4.54. The third-order valence-electron chi connectivity index (χ3n) is 5.97. The van der Waals surface area contributed by atoms with Gasteiger partial charge in [-0.1, -0.05) is 23.7 Å². The Bertz CT molecular complexity index is 1010. The van der Waals surface area contributed by atoms with Crippen LogP contribution in [0.2, 0.25) is 5.02 Å². The number of nitrogens with zero attached hydrogens (tertiary/aromatic N) is 3. The maximum atomic E-state index is 6.05. The molecule has 7 heteroatoms. The minimum atomic E-state index is -0.411. The van der Waals surface area contributed by atoms with Crippen molar-refractivity contribution in [2.75, 3.05) is 6.61 Å². The third-order valence-corrected chi connectivity index (χ3v) is 6.22. The van der Waals surface area contributed by atoms with Crippen molar-refractivity contribution in [2.24, 2.45) is 0 Å². The number of hydrogen-bond donors (Lipinski definition) is 0. The van der Waals surface area contributed by atoms with E-state index in [9.17, 15) is 0 Å². The van der Waals surface area contributed by atoms with Gasteiger partial charge in [0.05, 0.1) is 23.4 Å². The highest BCUT2D eigenvalue weighted by Gasteiger charge is 2.48. The van der Waals surface area contributed by atoms with Gasteiger partial charge in [0.15, 0.2) is 18.2 Å². The first-order valence-electron chi connectivity index (χ1n) is 10.1. The van der Waals surface area contributed by atoms with Gasteiger partial charge in [-0.15, -0.1) is 0 Å². The van der Waals surface area contributed by atoms with Crippen LogP contribution in [0, 0.1) is 0 Å². The van der Waals surface area contributed by atoms with Crippen LogP contribution in [0.5, 0.6) is 0 Å². The fraction of sp³-hybridized carbons (Fsp3) is 0.455. The minimum absolute atomic E-state index is 0.191. The smallest absolute Gasteiger partial charge is 0.174 e. The summed E-state index contributed by atoms with van der Waals surface area (Å²) in [5, 5.41) is 5.39. The summed E-state index contributed by atoms with van der Waals surface area (Å²) in [6.45, 7) is 4.90. The van der Waals surface area contributed by atoms with E-state index in [1.807, 2.05) is 54.2 Å². The van der Waals surface area contributed by atoms with Crippen LogP contribution < -0.4 is 0 Å². The molecular formula is C22H24ClN3O3. The van der Waals surface area contributed by atoms with E-state index in [2.05, 4.69) is 17.0 Å². The van der Waals surface area contributed by atoms with Gasteiger partial charge in [-0.2, -0.15) is 5.10 Å². The first-order chi connectivity index (χ1) is 14.0. The van der Waals surface area contributed by atoms with E-state index < -0.39 is 5.41 Å². The van der Waals surface area contributed by atoms with E-state index in [0.29, 0.717) is 5.02 Å². The van der Waals surface area contributed by atoms with Crippen molar-refractivity contribution in [1.29, 1.82) is 0 Å². The molecule has 152 valence electrons. The summed E-state index contributed by atoms with van der Waals surface area (Å²) < 4.78 is 19.8. The summed E-state index contributed by atoms with van der Waals surface area (Å²) in [4.78, 5) is 4.62. The molecule has 0 radical (unpaired) electrons. The molecule has 4 heterocycles. The largest absolute Gasteiger partial charge is 0.378 e. The molecule has 1 aromatic carbocycles. The van der Waals surface area contributed by atoms with Crippen LogP contribution in [0.4, 0.5) is 0 Å². The van der Waals surface area contributed by atoms with Gasteiger partial charge in [0, 0.05) is 23.4 Å². The Kier molecular flexibility index (Phi) is 4.82. The number of halogens is 1. The predicted octanol–water partition coefficient (Wildman–Crippen LogP) is 4.60. The summed E-state index contributed by atoms with van der Waals surface area (Å²) in [7, 11) is 0. The highest BCUT2D eigenvalue weighted by molar-refractivity contribution is 6.30. The molecule has 0 spiro atoms. The SMILES string of the molecule is CC1OC(C(C)(CC2CCCO2)c2ccnc3c(-c4ccc(Cl)cc4)cnn23)O1. The number of aromatic nitrogens is 3. The molecule has 0 aliphatic carbocycles. The first-order valence-corrected chi connectivity index (χ1v) is 10.4. The molecule has 2 fully saturated rings. The van der Waals surface area contributed by atoms with Crippen LogP contribution in [0.1, 0.15) is 38.8 Å². The zero-order chi connectivity index (χ0) is 20.0. The van der Waals surface area contributed by atoms with Crippen LogP contribution in [0.25, 0.3) is 16.8 Å². The van der Waals surface area contributed by atoms with Crippen molar-refractivity contribution < 1.29 is 14.2 Å². The van der Waals surface area contributed by atoms with Crippen molar-refractivity contribution in [3.63, 3.8) is 0 Å². The molecule has 2 saturated heterocycles. The monoisotopic (exact) mass is 413 g/mol. The van der Waals surface area contributed by atoms with Gasteiger partial charge in [-0.3, -0.25) is 0 Å². The molecule has 0 bridgehead atoms. The lowest BCUT2D eigenvalue weighted by Crippen LogP contribution is -2.53. The van der Waals surface area contributed by atoms with E-state index in [1.54, 1.807) is 0 Å². The molecule has 3 aromatic rings. The number of rotatable bonds is 5. The Balaban J connectivity index is 1.58. The van der Waals surface area contributed by atoms with Gasteiger partial charge in [0.25, 0.3) is 0 Å². The summed E-state index contributed by atoms with van der Waals surface area (Å²) >= 11 is 6.05. The molecule has 0 saturated carbocycles. The molecule has 2 aromatic heterocycles. The van der Waals surface area contributed by atoms with E-state index in [-0.39, 0.29) is 18.7 Å². The Morgan fingerprint density at radius 1 is 1.21 bits per heavy atom. The molecular weight excluding hydrogens is 390 g/mol. The molecule has 29 heavy (non-hydrogen) atoms. The van der Waals surface area contributed by atoms with Gasteiger partial charge in [-0.05, 0) is 56.9 Å².